The van der Waals surface area contributed by atoms with Crippen molar-refractivity contribution in [1.82, 2.24) is 19.2 Å². The maximum atomic E-state index is 13.0. The van der Waals surface area contributed by atoms with Gasteiger partial charge in [-0.2, -0.15) is 0 Å². The molecule has 1 fully saturated rings. The number of nitrogens with zero attached hydrogens (tertiary/aromatic N) is 5. The summed E-state index contributed by atoms with van der Waals surface area (Å²) in [6, 6.07) is 3.49. The fourth-order valence-electron chi connectivity index (χ4n) is 3.96. The molecule has 184 valence electrons. The van der Waals surface area contributed by atoms with Gasteiger partial charge in [-0.05, 0) is 63.2 Å². The Bertz CT molecular complexity index is 1030. The summed E-state index contributed by atoms with van der Waals surface area (Å²) >= 11 is 1.67. The van der Waals surface area contributed by atoms with Crippen molar-refractivity contribution in [3.63, 3.8) is 0 Å². The number of carbonyl (C=O) groups is 1. The molecule has 2 aliphatic rings. The van der Waals surface area contributed by atoms with E-state index < -0.39 is 0 Å². The third-order valence-corrected chi connectivity index (χ3v) is 7.03. The molecule has 8 nitrogen and oxygen atoms in total. The highest BCUT2D eigenvalue weighted by molar-refractivity contribution is 7.97. The standard InChI is InChI=1S/C13H18N4OS.C11H16FN3/c1-10-13(7-12(9-18)16(10)2)19-17-6-5-15-11(8-17)3-4-14;1-13-7-9-6-10(12)8-14-11(9)15-4-2-3-5-15/h3-4,7,9H,5-6,8,14H2,1-2H3;6,8,13H,2-5,7H2,1H3/b4-3-;. The molecule has 0 aliphatic carbocycles. The topological polar surface area (TPSA) is 91.8 Å². The number of nitrogens with one attached hydrogen (secondary N) is 1. The van der Waals surface area contributed by atoms with Crippen LogP contribution in [0.5, 0.6) is 0 Å². The molecular formula is C24H34FN7OS. The molecule has 2 aromatic heterocycles. The third-order valence-electron chi connectivity index (χ3n) is 5.85. The number of aromatic nitrogens is 2. The molecular weight excluding hydrogens is 453 g/mol. The molecule has 0 saturated carbocycles. The van der Waals surface area contributed by atoms with Crippen LogP contribution in [0, 0.1) is 12.7 Å². The van der Waals surface area contributed by atoms with Gasteiger partial charge in [0.2, 0.25) is 0 Å². The number of pyridine rings is 1. The number of hydrogen-bond donors (Lipinski definition) is 2. The number of anilines is 1. The quantitative estimate of drug-likeness (QED) is 0.458. The highest BCUT2D eigenvalue weighted by Gasteiger charge is 2.18. The predicted octanol–water partition coefficient (Wildman–Crippen LogP) is 2.92. The summed E-state index contributed by atoms with van der Waals surface area (Å²) in [4.78, 5) is 22.9. The maximum absolute atomic E-state index is 13.0. The molecule has 4 rings (SSSR count). The van der Waals surface area contributed by atoms with Crippen LogP contribution in [-0.2, 0) is 13.6 Å². The molecule has 3 N–H and O–H groups in total. The van der Waals surface area contributed by atoms with E-state index in [9.17, 15) is 9.18 Å². The zero-order valence-electron chi connectivity index (χ0n) is 20.1. The molecule has 0 unspecified atom stereocenters. The van der Waals surface area contributed by atoms with Gasteiger partial charge < -0.3 is 20.5 Å². The largest absolute Gasteiger partial charge is 0.405 e. The average molecular weight is 488 g/mol. The lowest BCUT2D eigenvalue weighted by Gasteiger charge is -2.24. The highest BCUT2D eigenvalue weighted by atomic mass is 32.2. The number of aliphatic imine (C=N–C) groups is 1. The second-order valence-electron chi connectivity index (χ2n) is 8.24. The number of hydrogen-bond acceptors (Lipinski definition) is 8. The molecule has 10 heteroatoms. The summed E-state index contributed by atoms with van der Waals surface area (Å²) in [6.07, 6.45) is 7.95. The van der Waals surface area contributed by atoms with E-state index in [2.05, 4.69) is 24.5 Å². The van der Waals surface area contributed by atoms with Crippen LogP contribution >= 0.6 is 11.9 Å². The molecule has 0 bridgehead atoms. The zero-order chi connectivity index (χ0) is 24.5. The first-order valence-electron chi connectivity index (χ1n) is 11.5. The van der Waals surface area contributed by atoms with Crippen molar-refractivity contribution in [1.29, 1.82) is 0 Å². The van der Waals surface area contributed by atoms with Gasteiger partial charge in [-0.3, -0.25) is 9.79 Å². The number of carbonyl (C=O) groups excluding carboxylic acids is 1. The van der Waals surface area contributed by atoms with Gasteiger partial charge in [0.05, 0.1) is 30.7 Å². The van der Waals surface area contributed by atoms with Gasteiger partial charge in [0.25, 0.3) is 0 Å². The highest BCUT2D eigenvalue weighted by Crippen LogP contribution is 2.29. The SMILES string of the molecule is CNCc1cc(F)cnc1N1CCCC1.Cc1c(SN2CCN=C(/C=C\N)C2)cc(C=O)n1C. The Labute approximate surface area is 205 Å². The minimum absolute atomic E-state index is 0.261. The van der Waals surface area contributed by atoms with E-state index in [1.807, 2.05) is 37.7 Å². The van der Waals surface area contributed by atoms with Crippen LogP contribution < -0.4 is 16.0 Å². The van der Waals surface area contributed by atoms with E-state index in [1.54, 1.807) is 18.0 Å². The Kier molecular flexibility index (Phi) is 9.67. The predicted molar refractivity (Wildman–Crippen MR) is 137 cm³/mol. The van der Waals surface area contributed by atoms with Gasteiger partial charge >= 0.3 is 0 Å². The number of rotatable bonds is 7. The van der Waals surface area contributed by atoms with Gasteiger partial charge in [-0.25, -0.2) is 13.7 Å². The van der Waals surface area contributed by atoms with Crippen LogP contribution in [0.4, 0.5) is 10.2 Å². The van der Waals surface area contributed by atoms with Crippen LogP contribution in [0.3, 0.4) is 0 Å². The normalized spacial score (nSPS) is 16.5. The zero-order valence-corrected chi connectivity index (χ0v) is 20.9. The van der Waals surface area contributed by atoms with E-state index in [4.69, 9.17) is 5.73 Å². The van der Waals surface area contributed by atoms with Crippen molar-refractivity contribution in [3.8, 4) is 0 Å². The Morgan fingerprint density at radius 3 is 2.68 bits per heavy atom. The fraction of sp³-hybridized carbons (Fsp3) is 0.458. The molecule has 0 atom stereocenters. The summed E-state index contributed by atoms with van der Waals surface area (Å²) in [6.45, 7) is 7.20. The summed E-state index contributed by atoms with van der Waals surface area (Å²) in [5.74, 6) is 0.673. The molecule has 0 amide bonds. The van der Waals surface area contributed by atoms with E-state index in [0.717, 1.165) is 66.7 Å². The summed E-state index contributed by atoms with van der Waals surface area (Å²) in [7, 11) is 3.77. The molecule has 0 radical (unpaired) electrons. The Hall–Kier alpha value is -2.69. The molecule has 2 aromatic rings. The van der Waals surface area contributed by atoms with Crippen LogP contribution in [0.15, 0.2) is 40.5 Å². The van der Waals surface area contributed by atoms with Crippen molar-refractivity contribution in [3.05, 3.63) is 53.4 Å². The molecule has 1 saturated heterocycles. The minimum atomic E-state index is -0.261. The van der Waals surface area contributed by atoms with Gasteiger partial charge in [-0.15, -0.1) is 0 Å². The first-order chi connectivity index (χ1) is 16.5. The van der Waals surface area contributed by atoms with Gasteiger partial charge in [0.15, 0.2) is 6.29 Å². The van der Waals surface area contributed by atoms with E-state index in [0.29, 0.717) is 12.2 Å². The number of nitrogens with two attached hydrogens (primary N) is 1. The van der Waals surface area contributed by atoms with E-state index >= 15 is 0 Å². The van der Waals surface area contributed by atoms with Crippen molar-refractivity contribution >= 4 is 29.8 Å². The van der Waals surface area contributed by atoms with Crippen LogP contribution in [-0.4, -0.2) is 65.6 Å². The second-order valence-corrected chi connectivity index (χ2v) is 9.38. The van der Waals surface area contributed by atoms with Crippen molar-refractivity contribution in [2.75, 3.05) is 44.7 Å². The van der Waals surface area contributed by atoms with Crippen molar-refractivity contribution < 1.29 is 9.18 Å². The van der Waals surface area contributed by atoms with E-state index in [-0.39, 0.29) is 5.82 Å². The number of halogens is 1. The average Bonchev–Trinajstić information content (AvgIpc) is 3.45. The first-order valence-corrected chi connectivity index (χ1v) is 12.2. The number of aldehydes is 1. The van der Waals surface area contributed by atoms with Crippen LogP contribution in [0.25, 0.3) is 0 Å². The van der Waals surface area contributed by atoms with Gasteiger partial charge in [-0.1, -0.05) is 0 Å². The Morgan fingerprint density at radius 2 is 2.03 bits per heavy atom. The van der Waals surface area contributed by atoms with Crippen LogP contribution in [0.2, 0.25) is 0 Å². The van der Waals surface area contributed by atoms with Gasteiger partial charge in [0.1, 0.15) is 11.6 Å². The lowest BCUT2D eigenvalue weighted by atomic mass is 10.2. The minimum Gasteiger partial charge on any atom is -0.405 e. The lowest BCUT2D eigenvalue weighted by Crippen LogP contribution is -2.30. The van der Waals surface area contributed by atoms with Crippen molar-refractivity contribution in [2.24, 2.45) is 17.8 Å². The molecule has 4 heterocycles. The summed E-state index contributed by atoms with van der Waals surface area (Å²) < 4.78 is 17.2. The third kappa shape index (κ3) is 6.68. The van der Waals surface area contributed by atoms with E-state index in [1.165, 1.54) is 25.2 Å². The molecule has 34 heavy (non-hydrogen) atoms. The molecule has 0 spiro atoms. The summed E-state index contributed by atoms with van der Waals surface area (Å²) in [5, 5.41) is 3.04. The Balaban J connectivity index is 0.000000196. The lowest BCUT2D eigenvalue weighted by molar-refractivity contribution is 0.111. The first kappa shape index (κ1) is 25.9. The second kappa shape index (κ2) is 12.7. The fourth-order valence-corrected chi connectivity index (χ4v) is 5.05. The smallest absolute Gasteiger partial charge is 0.166 e. The van der Waals surface area contributed by atoms with Crippen LogP contribution in [0.1, 0.15) is 34.6 Å². The molecule has 0 aromatic carbocycles. The monoisotopic (exact) mass is 487 g/mol. The van der Waals surface area contributed by atoms with Gasteiger partial charge in [0, 0.05) is 49.4 Å². The molecule has 2 aliphatic heterocycles. The maximum Gasteiger partial charge on any atom is 0.166 e. The van der Waals surface area contributed by atoms with Crippen molar-refractivity contribution in [2.45, 2.75) is 31.2 Å². The Morgan fingerprint density at radius 1 is 1.26 bits per heavy atom. The summed E-state index contributed by atoms with van der Waals surface area (Å²) in [5.41, 5.74) is 9.13.